The van der Waals surface area contributed by atoms with Crippen LogP contribution in [0.1, 0.15) is 58.1 Å². The zero-order valence-electron chi connectivity index (χ0n) is 15.3. The molecule has 23 heavy (non-hydrogen) atoms. The fourth-order valence-electron chi connectivity index (χ4n) is 3.63. The molecule has 1 aromatic rings. The van der Waals surface area contributed by atoms with Crippen LogP contribution in [-0.2, 0) is 4.79 Å². The van der Waals surface area contributed by atoms with E-state index >= 15 is 0 Å². The molecule has 0 aromatic carbocycles. The first-order valence-corrected chi connectivity index (χ1v) is 9.69. The van der Waals surface area contributed by atoms with Crippen molar-refractivity contribution < 1.29 is 4.79 Å². The molecule has 1 N–H and O–H groups in total. The van der Waals surface area contributed by atoms with Gasteiger partial charge in [0.05, 0.1) is 6.04 Å². The van der Waals surface area contributed by atoms with E-state index < -0.39 is 0 Å². The summed E-state index contributed by atoms with van der Waals surface area (Å²) in [6.07, 6.45) is 4.45. The Kier molecular flexibility index (Phi) is 6.26. The number of hydrogen-bond acceptors (Lipinski definition) is 3. The first kappa shape index (κ1) is 18.5. The van der Waals surface area contributed by atoms with Gasteiger partial charge in [-0.25, -0.2) is 0 Å². The Hall–Kier alpha value is -0.870. The lowest BCUT2D eigenvalue weighted by atomic mass is 9.69. The Morgan fingerprint density at radius 3 is 2.43 bits per heavy atom. The lowest BCUT2D eigenvalue weighted by Crippen LogP contribution is -2.39. The molecule has 0 radical (unpaired) electrons. The minimum atomic E-state index is 0.207. The van der Waals surface area contributed by atoms with Gasteiger partial charge in [-0.3, -0.25) is 4.79 Å². The average Bonchev–Trinajstić information content (AvgIpc) is 3.00. The minimum absolute atomic E-state index is 0.207. The quantitative estimate of drug-likeness (QED) is 0.868. The summed E-state index contributed by atoms with van der Waals surface area (Å²) in [6, 6.07) is 2.41. The molecular formula is C19H32N2OS. The van der Waals surface area contributed by atoms with Gasteiger partial charge in [-0.05, 0) is 73.5 Å². The first-order valence-electron chi connectivity index (χ1n) is 8.75. The van der Waals surface area contributed by atoms with Gasteiger partial charge in [-0.2, -0.15) is 11.3 Å². The highest BCUT2D eigenvalue weighted by Gasteiger charge is 2.32. The predicted octanol–water partition coefficient (Wildman–Crippen LogP) is 4.32. The summed E-state index contributed by atoms with van der Waals surface area (Å²) in [7, 11) is 4.14. The summed E-state index contributed by atoms with van der Waals surface area (Å²) in [4.78, 5) is 14.7. The van der Waals surface area contributed by atoms with E-state index in [4.69, 9.17) is 0 Å². The van der Waals surface area contributed by atoms with Crippen LogP contribution in [0.3, 0.4) is 0 Å². The van der Waals surface area contributed by atoms with E-state index in [9.17, 15) is 4.79 Å². The molecule has 0 spiro atoms. The number of nitrogens with one attached hydrogen (secondary N) is 1. The van der Waals surface area contributed by atoms with Crippen LogP contribution in [0.25, 0.3) is 0 Å². The standard InChI is InChI=1S/C19H32N2OS/c1-19(2,3)16-8-6-14(7-9-16)18(22)20-12-17(21(4)5)15-10-11-23-13-15/h10-11,13-14,16-17H,6-9,12H2,1-5H3,(H,20,22)/t14?,16?,17-/m0/s1. The molecule has 1 fully saturated rings. The van der Waals surface area contributed by atoms with Gasteiger partial charge in [-0.15, -0.1) is 0 Å². The van der Waals surface area contributed by atoms with Gasteiger partial charge >= 0.3 is 0 Å². The molecule has 1 aliphatic rings. The summed E-state index contributed by atoms with van der Waals surface area (Å²) >= 11 is 1.71. The monoisotopic (exact) mass is 336 g/mol. The number of carbonyl (C=O) groups excluding carboxylic acids is 1. The molecule has 1 amide bonds. The van der Waals surface area contributed by atoms with E-state index in [1.54, 1.807) is 11.3 Å². The van der Waals surface area contributed by atoms with Gasteiger partial charge in [0.2, 0.25) is 5.91 Å². The Balaban J connectivity index is 1.83. The van der Waals surface area contributed by atoms with Crippen LogP contribution < -0.4 is 5.32 Å². The van der Waals surface area contributed by atoms with Crippen LogP contribution in [0, 0.1) is 17.3 Å². The second kappa shape index (κ2) is 7.80. The van der Waals surface area contributed by atoms with Gasteiger partial charge in [0, 0.05) is 12.5 Å². The molecule has 0 unspecified atom stereocenters. The molecule has 0 aliphatic heterocycles. The van der Waals surface area contributed by atoms with Crippen molar-refractivity contribution in [2.45, 2.75) is 52.5 Å². The summed E-state index contributed by atoms with van der Waals surface area (Å²) < 4.78 is 0. The predicted molar refractivity (Wildman–Crippen MR) is 98.7 cm³/mol. The molecule has 1 heterocycles. The van der Waals surface area contributed by atoms with E-state index in [2.05, 4.69) is 61.9 Å². The molecule has 3 nitrogen and oxygen atoms in total. The van der Waals surface area contributed by atoms with Crippen molar-refractivity contribution in [1.82, 2.24) is 10.2 Å². The number of likely N-dealkylation sites (N-methyl/N-ethyl adjacent to an activating group) is 1. The second-order valence-electron chi connectivity index (χ2n) is 8.20. The molecule has 1 aliphatic carbocycles. The zero-order chi connectivity index (χ0) is 17.0. The smallest absolute Gasteiger partial charge is 0.223 e. The van der Waals surface area contributed by atoms with E-state index in [1.807, 2.05) is 0 Å². The van der Waals surface area contributed by atoms with Crippen LogP contribution >= 0.6 is 11.3 Å². The van der Waals surface area contributed by atoms with Crippen molar-refractivity contribution in [3.63, 3.8) is 0 Å². The molecular weight excluding hydrogens is 304 g/mol. The summed E-state index contributed by atoms with van der Waals surface area (Å²) in [6.45, 7) is 7.66. The Morgan fingerprint density at radius 2 is 1.96 bits per heavy atom. The number of carbonyl (C=O) groups is 1. The lowest BCUT2D eigenvalue weighted by molar-refractivity contribution is -0.126. The number of thiophene rings is 1. The molecule has 4 heteroatoms. The van der Waals surface area contributed by atoms with Crippen molar-refractivity contribution in [3.8, 4) is 0 Å². The van der Waals surface area contributed by atoms with Crippen LogP contribution in [0.4, 0.5) is 0 Å². The molecule has 130 valence electrons. The highest BCUT2D eigenvalue weighted by molar-refractivity contribution is 7.07. The first-order chi connectivity index (χ1) is 10.8. The number of nitrogens with zero attached hydrogens (tertiary/aromatic N) is 1. The van der Waals surface area contributed by atoms with Crippen LogP contribution in [0.2, 0.25) is 0 Å². The Labute approximate surface area is 145 Å². The zero-order valence-corrected chi connectivity index (χ0v) is 16.1. The largest absolute Gasteiger partial charge is 0.354 e. The van der Waals surface area contributed by atoms with Crippen LogP contribution in [0.5, 0.6) is 0 Å². The number of rotatable bonds is 5. The molecule has 2 rings (SSSR count). The molecule has 1 atom stereocenters. The van der Waals surface area contributed by atoms with E-state index in [-0.39, 0.29) is 17.9 Å². The van der Waals surface area contributed by atoms with E-state index in [0.717, 1.165) is 18.8 Å². The third-order valence-electron chi connectivity index (χ3n) is 5.34. The maximum absolute atomic E-state index is 12.5. The summed E-state index contributed by atoms with van der Waals surface area (Å²) in [5.74, 6) is 1.21. The maximum Gasteiger partial charge on any atom is 0.223 e. The van der Waals surface area contributed by atoms with E-state index in [1.165, 1.54) is 18.4 Å². The molecule has 1 saturated carbocycles. The highest BCUT2D eigenvalue weighted by Crippen LogP contribution is 2.39. The maximum atomic E-state index is 12.5. The van der Waals surface area contributed by atoms with Gasteiger partial charge in [-0.1, -0.05) is 20.8 Å². The van der Waals surface area contributed by atoms with Crippen molar-refractivity contribution in [2.24, 2.45) is 17.3 Å². The topological polar surface area (TPSA) is 32.3 Å². The van der Waals surface area contributed by atoms with Crippen molar-refractivity contribution >= 4 is 17.2 Å². The minimum Gasteiger partial charge on any atom is -0.354 e. The number of amides is 1. The highest BCUT2D eigenvalue weighted by atomic mass is 32.1. The summed E-state index contributed by atoms with van der Waals surface area (Å²) in [5, 5.41) is 7.47. The fraction of sp³-hybridized carbons (Fsp3) is 0.737. The second-order valence-corrected chi connectivity index (χ2v) is 8.98. The van der Waals surface area contributed by atoms with Crippen LogP contribution in [-0.4, -0.2) is 31.4 Å². The third-order valence-corrected chi connectivity index (χ3v) is 6.05. The Bertz CT molecular complexity index is 482. The average molecular weight is 337 g/mol. The fourth-order valence-corrected chi connectivity index (χ4v) is 4.33. The third kappa shape index (κ3) is 5.05. The number of hydrogen-bond donors (Lipinski definition) is 1. The van der Waals surface area contributed by atoms with Crippen molar-refractivity contribution in [1.29, 1.82) is 0 Å². The lowest BCUT2D eigenvalue weighted by Gasteiger charge is -2.36. The van der Waals surface area contributed by atoms with Crippen molar-refractivity contribution in [3.05, 3.63) is 22.4 Å². The van der Waals surface area contributed by atoms with Gasteiger partial charge in [0.15, 0.2) is 0 Å². The van der Waals surface area contributed by atoms with Crippen LogP contribution in [0.15, 0.2) is 16.8 Å². The molecule has 0 saturated heterocycles. The SMILES string of the molecule is CN(C)[C@@H](CNC(=O)C1CCC(C(C)(C)C)CC1)c1ccsc1. The van der Waals surface area contributed by atoms with Gasteiger partial charge in [0.1, 0.15) is 0 Å². The van der Waals surface area contributed by atoms with E-state index in [0.29, 0.717) is 12.0 Å². The van der Waals surface area contributed by atoms with Crippen molar-refractivity contribution in [2.75, 3.05) is 20.6 Å². The molecule has 1 aromatic heterocycles. The van der Waals surface area contributed by atoms with Gasteiger partial charge < -0.3 is 10.2 Å². The normalized spacial score (nSPS) is 23.7. The Morgan fingerprint density at radius 1 is 1.30 bits per heavy atom. The summed E-state index contributed by atoms with van der Waals surface area (Å²) in [5.41, 5.74) is 1.66. The van der Waals surface area contributed by atoms with Gasteiger partial charge in [0.25, 0.3) is 0 Å². The molecule has 0 bridgehead atoms.